The summed E-state index contributed by atoms with van der Waals surface area (Å²) in [5.41, 5.74) is 6.58. The number of carbonyl (C=O) groups excluding carboxylic acids is 1. The van der Waals surface area contributed by atoms with E-state index in [1.807, 2.05) is 31.2 Å². The monoisotopic (exact) mass is 207 g/mol. The highest BCUT2D eigenvalue weighted by molar-refractivity contribution is 5.83. The zero-order valence-corrected chi connectivity index (χ0v) is 9.19. The number of ether oxygens (including phenoxy) is 1. The number of Topliss-reactive ketones (excluding diaryl/α,β-unsaturated/α-hetero) is 1. The lowest BCUT2D eigenvalue weighted by Crippen LogP contribution is -2.27. The Hall–Kier alpha value is -1.35. The first-order valence-corrected chi connectivity index (χ1v) is 5.07. The average Bonchev–Trinajstić information content (AvgIpc) is 2.17. The van der Waals surface area contributed by atoms with Gasteiger partial charge in [0.15, 0.2) is 5.78 Å². The van der Waals surface area contributed by atoms with Crippen LogP contribution in [0.3, 0.4) is 0 Å². The van der Waals surface area contributed by atoms with Gasteiger partial charge in [-0.05, 0) is 31.5 Å². The summed E-state index contributed by atoms with van der Waals surface area (Å²) >= 11 is 0. The fourth-order valence-electron chi connectivity index (χ4n) is 1.20. The van der Waals surface area contributed by atoms with Gasteiger partial charge in [0.05, 0.1) is 12.6 Å². The Morgan fingerprint density at radius 2 is 2.27 bits per heavy atom. The minimum Gasteiger partial charge on any atom is -0.493 e. The molecule has 0 aliphatic carbocycles. The Bertz CT molecular complexity index is 334. The number of aryl methyl sites for hydroxylation is 1. The molecule has 0 fully saturated rings. The van der Waals surface area contributed by atoms with Crippen molar-refractivity contribution in [2.45, 2.75) is 26.3 Å². The number of hydrogen-bond donors (Lipinski definition) is 1. The van der Waals surface area contributed by atoms with E-state index >= 15 is 0 Å². The third-order valence-electron chi connectivity index (χ3n) is 2.11. The molecule has 0 saturated heterocycles. The third-order valence-corrected chi connectivity index (χ3v) is 2.11. The van der Waals surface area contributed by atoms with E-state index in [0.29, 0.717) is 13.0 Å². The molecule has 1 unspecified atom stereocenters. The van der Waals surface area contributed by atoms with Gasteiger partial charge in [-0.1, -0.05) is 12.1 Å². The molecule has 1 atom stereocenters. The van der Waals surface area contributed by atoms with E-state index in [4.69, 9.17) is 10.5 Å². The van der Waals surface area contributed by atoms with Crippen LogP contribution in [0, 0.1) is 6.92 Å². The predicted octanol–water partition coefficient (Wildman–Crippen LogP) is 1.68. The Balaban J connectivity index is 2.35. The van der Waals surface area contributed by atoms with E-state index in [1.54, 1.807) is 6.92 Å². The summed E-state index contributed by atoms with van der Waals surface area (Å²) in [6.07, 6.45) is 0.367. The summed E-state index contributed by atoms with van der Waals surface area (Å²) < 4.78 is 5.43. The Morgan fingerprint density at radius 1 is 1.53 bits per heavy atom. The summed E-state index contributed by atoms with van der Waals surface area (Å²) in [6, 6.07) is 7.35. The van der Waals surface area contributed by atoms with Gasteiger partial charge in [0.2, 0.25) is 0 Å². The van der Waals surface area contributed by atoms with Crippen molar-refractivity contribution in [1.82, 2.24) is 0 Å². The Kier molecular flexibility index (Phi) is 4.31. The molecule has 15 heavy (non-hydrogen) atoms. The number of benzene rings is 1. The first kappa shape index (κ1) is 11.7. The van der Waals surface area contributed by atoms with E-state index in [-0.39, 0.29) is 5.78 Å². The first-order chi connectivity index (χ1) is 7.09. The molecule has 0 aromatic heterocycles. The molecule has 1 rings (SSSR count). The van der Waals surface area contributed by atoms with Gasteiger partial charge in [-0.3, -0.25) is 4.79 Å². The fraction of sp³-hybridized carbons (Fsp3) is 0.417. The minimum atomic E-state index is -0.397. The highest BCUT2D eigenvalue weighted by Crippen LogP contribution is 2.12. The number of rotatable bonds is 5. The van der Waals surface area contributed by atoms with Gasteiger partial charge in [0.25, 0.3) is 0 Å². The van der Waals surface area contributed by atoms with Crippen molar-refractivity contribution >= 4 is 5.78 Å². The molecule has 0 aliphatic heterocycles. The van der Waals surface area contributed by atoms with Crippen LogP contribution < -0.4 is 10.5 Å². The van der Waals surface area contributed by atoms with Crippen LogP contribution >= 0.6 is 0 Å². The average molecular weight is 207 g/mol. The minimum absolute atomic E-state index is 0.0302. The predicted molar refractivity (Wildman–Crippen MR) is 59.9 cm³/mol. The lowest BCUT2D eigenvalue weighted by Gasteiger charge is -2.07. The molecule has 0 amide bonds. The van der Waals surface area contributed by atoms with Crippen LogP contribution in [0.15, 0.2) is 24.3 Å². The molecule has 3 nitrogen and oxygen atoms in total. The van der Waals surface area contributed by atoms with E-state index < -0.39 is 6.04 Å². The second-order valence-corrected chi connectivity index (χ2v) is 3.67. The molecule has 82 valence electrons. The van der Waals surface area contributed by atoms with Gasteiger partial charge in [-0.25, -0.2) is 0 Å². The number of hydrogen-bond acceptors (Lipinski definition) is 3. The van der Waals surface area contributed by atoms with Crippen LogP contribution in [0.1, 0.15) is 18.9 Å². The van der Waals surface area contributed by atoms with Crippen molar-refractivity contribution in [2.24, 2.45) is 5.73 Å². The molecule has 2 N–H and O–H groups in total. The summed E-state index contributed by atoms with van der Waals surface area (Å²) in [5, 5.41) is 0. The molecule has 3 heteroatoms. The van der Waals surface area contributed by atoms with E-state index in [2.05, 4.69) is 0 Å². The lowest BCUT2D eigenvalue weighted by molar-refractivity contribution is -0.120. The molecule has 0 radical (unpaired) electrons. The standard InChI is InChI=1S/C12H17NO2/c1-9-4-3-5-11(8-9)15-7-6-12(14)10(2)13/h3-5,8,10H,6-7,13H2,1-2H3. The highest BCUT2D eigenvalue weighted by Gasteiger charge is 2.07. The SMILES string of the molecule is Cc1cccc(OCCC(=O)C(C)N)c1. The molecule has 0 spiro atoms. The maximum atomic E-state index is 11.2. The van der Waals surface area contributed by atoms with Crippen molar-refractivity contribution < 1.29 is 9.53 Å². The van der Waals surface area contributed by atoms with E-state index in [9.17, 15) is 4.79 Å². The zero-order chi connectivity index (χ0) is 11.3. The van der Waals surface area contributed by atoms with Gasteiger partial charge < -0.3 is 10.5 Å². The quantitative estimate of drug-likeness (QED) is 0.799. The Morgan fingerprint density at radius 3 is 2.87 bits per heavy atom. The molecular formula is C12H17NO2. The summed E-state index contributed by atoms with van der Waals surface area (Å²) in [7, 11) is 0. The lowest BCUT2D eigenvalue weighted by atomic mass is 10.2. The van der Waals surface area contributed by atoms with Gasteiger partial charge in [-0.2, -0.15) is 0 Å². The van der Waals surface area contributed by atoms with Crippen molar-refractivity contribution in [2.75, 3.05) is 6.61 Å². The molecular weight excluding hydrogens is 190 g/mol. The van der Waals surface area contributed by atoms with Crippen molar-refractivity contribution in [1.29, 1.82) is 0 Å². The zero-order valence-electron chi connectivity index (χ0n) is 9.19. The smallest absolute Gasteiger partial charge is 0.152 e. The number of ketones is 1. The summed E-state index contributed by atoms with van der Waals surface area (Å²) in [6.45, 7) is 4.08. The summed E-state index contributed by atoms with van der Waals surface area (Å²) in [4.78, 5) is 11.2. The van der Waals surface area contributed by atoms with Crippen LogP contribution in [0.2, 0.25) is 0 Å². The van der Waals surface area contributed by atoms with Crippen LogP contribution in [-0.2, 0) is 4.79 Å². The molecule has 1 aromatic carbocycles. The second-order valence-electron chi connectivity index (χ2n) is 3.67. The van der Waals surface area contributed by atoms with Gasteiger partial charge in [0.1, 0.15) is 5.75 Å². The van der Waals surface area contributed by atoms with Crippen LogP contribution in [0.25, 0.3) is 0 Å². The topological polar surface area (TPSA) is 52.3 Å². The summed E-state index contributed by atoms with van der Waals surface area (Å²) in [5.74, 6) is 0.829. The van der Waals surface area contributed by atoms with Crippen molar-refractivity contribution in [3.63, 3.8) is 0 Å². The third kappa shape index (κ3) is 4.13. The normalized spacial score (nSPS) is 12.2. The van der Waals surface area contributed by atoms with Crippen molar-refractivity contribution in [3.8, 4) is 5.75 Å². The molecule has 1 aromatic rings. The maximum absolute atomic E-state index is 11.2. The van der Waals surface area contributed by atoms with Crippen LogP contribution in [-0.4, -0.2) is 18.4 Å². The fourth-order valence-corrected chi connectivity index (χ4v) is 1.20. The molecule has 0 aliphatic rings. The molecule has 0 bridgehead atoms. The highest BCUT2D eigenvalue weighted by atomic mass is 16.5. The Labute approximate surface area is 90.2 Å². The number of nitrogens with two attached hydrogens (primary N) is 1. The number of carbonyl (C=O) groups is 1. The first-order valence-electron chi connectivity index (χ1n) is 5.07. The van der Waals surface area contributed by atoms with Crippen molar-refractivity contribution in [3.05, 3.63) is 29.8 Å². The molecule has 0 saturated carbocycles. The maximum Gasteiger partial charge on any atom is 0.152 e. The van der Waals surface area contributed by atoms with Gasteiger partial charge in [0, 0.05) is 6.42 Å². The molecule has 0 heterocycles. The van der Waals surface area contributed by atoms with E-state index in [0.717, 1.165) is 11.3 Å². The van der Waals surface area contributed by atoms with Gasteiger partial charge >= 0.3 is 0 Å². The second kappa shape index (κ2) is 5.51. The van der Waals surface area contributed by atoms with Crippen LogP contribution in [0.5, 0.6) is 5.75 Å². The van der Waals surface area contributed by atoms with E-state index in [1.165, 1.54) is 0 Å². The van der Waals surface area contributed by atoms with Gasteiger partial charge in [-0.15, -0.1) is 0 Å². The van der Waals surface area contributed by atoms with Crippen LogP contribution in [0.4, 0.5) is 0 Å². The largest absolute Gasteiger partial charge is 0.493 e.